The average molecular weight is 124 g/mol. The van der Waals surface area contributed by atoms with E-state index in [1.54, 1.807) is 6.92 Å². The summed E-state index contributed by atoms with van der Waals surface area (Å²) >= 11 is 0. The second-order valence-corrected chi connectivity index (χ2v) is 1.91. The Morgan fingerprint density at radius 1 is 1.56 bits per heavy atom. The first-order chi connectivity index (χ1) is 4.09. The Balaban J connectivity index is 4.05. The summed E-state index contributed by atoms with van der Waals surface area (Å²) in [6, 6.07) is 0. The van der Waals surface area contributed by atoms with Gasteiger partial charge in [0.2, 0.25) is 0 Å². The van der Waals surface area contributed by atoms with Crippen LogP contribution in [-0.2, 0) is 0 Å². The van der Waals surface area contributed by atoms with Crippen molar-refractivity contribution in [2.75, 3.05) is 6.54 Å². The highest BCUT2D eigenvalue weighted by Gasteiger charge is 1.97. The van der Waals surface area contributed by atoms with Crippen molar-refractivity contribution in [1.82, 2.24) is 0 Å². The van der Waals surface area contributed by atoms with Crippen LogP contribution in [0.5, 0.6) is 0 Å². The van der Waals surface area contributed by atoms with E-state index in [2.05, 4.69) is 13.2 Å². The normalized spacial score (nSPS) is 8.67. The van der Waals surface area contributed by atoms with Gasteiger partial charge in [0, 0.05) is 12.3 Å². The van der Waals surface area contributed by atoms with Crippen LogP contribution < -0.4 is 5.73 Å². The lowest BCUT2D eigenvalue weighted by Gasteiger charge is -2.02. The molecule has 0 rings (SSSR count). The Morgan fingerprint density at radius 2 is 2.00 bits per heavy atom. The summed E-state index contributed by atoms with van der Waals surface area (Å²) < 4.78 is 0. The quantitative estimate of drug-likeness (QED) is 0.429. The molecule has 0 heterocycles. The van der Waals surface area contributed by atoms with Gasteiger partial charge in [-0.05, 0) is 18.1 Å². The molecule has 0 radical (unpaired) electrons. The van der Waals surface area contributed by atoms with Gasteiger partial charge in [0.25, 0.3) is 0 Å². The van der Waals surface area contributed by atoms with Crippen LogP contribution in [0.3, 0.4) is 0 Å². The van der Waals surface area contributed by atoms with Gasteiger partial charge in [0.15, 0.2) is 0 Å². The van der Waals surface area contributed by atoms with Crippen LogP contribution in [0.15, 0.2) is 24.3 Å². The summed E-state index contributed by atoms with van der Waals surface area (Å²) in [4.78, 5) is 0. The van der Waals surface area contributed by atoms with Crippen molar-refractivity contribution in [3.05, 3.63) is 24.3 Å². The van der Waals surface area contributed by atoms with E-state index in [1.807, 2.05) is 0 Å². The highest BCUT2D eigenvalue weighted by Crippen LogP contribution is 2.02. The predicted molar refractivity (Wildman–Crippen MR) is 40.7 cm³/mol. The lowest BCUT2D eigenvalue weighted by atomic mass is 10.1. The Hall–Kier alpha value is -0.890. The zero-order valence-electron chi connectivity index (χ0n) is 5.70. The summed E-state index contributed by atoms with van der Waals surface area (Å²) in [6.07, 6.45) is 0. The minimum absolute atomic E-state index is 0.384. The van der Waals surface area contributed by atoms with Crippen LogP contribution in [0, 0.1) is 5.41 Å². The summed E-state index contributed by atoms with van der Waals surface area (Å²) in [5, 5.41) is 7.12. The summed E-state index contributed by atoms with van der Waals surface area (Å²) in [5.74, 6) is 0. The second-order valence-electron chi connectivity index (χ2n) is 1.91. The molecule has 0 aromatic rings. The fourth-order valence-electron chi connectivity index (χ4n) is 0.388. The standard InChI is InChI=1S/C7H12N2/c1-5(4-8)6(2)7(3)9/h9H,1-2,4,8H2,3H3. The molecule has 0 bridgehead atoms. The largest absolute Gasteiger partial charge is 0.326 e. The highest BCUT2D eigenvalue weighted by molar-refractivity contribution is 5.99. The van der Waals surface area contributed by atoms with Crippen LogP contribution in [0.1, 0.15) is 6.92 Å². The van der Waals surface area contributed by atoms with Gasteiger partial charge in [0.05, 0.1) is 0 Å². The minimum atomic E-state index is 0.384. The van der Waals surface area contributed by atoms with E-state index >= 15 is 0 Å². The van der Waals surface area contributed by atoms with Crippen molar-refractivity contribution in [3.63, 3.8) is 0 Å². The molecule has 0 atom stereocenters. The van der Waals surface area contributed by atoms with Gasteiger partial charge in [-0.15, -0.1) is 0 Å². The number of rotatable bonds is 3. The smallest absolute Gasteiger partial charge is 0.0352 e. The predicted octanol–water partition coefficient (Wildman–Crippen LogP) is 1.10. The maximum Gasteiger partial charge on any atom is 0.0352 e. The van der Waals surface area contributed by atoms with Gasteiger partial charge in [-0.3, -0.25) is 0 Å². The molecule has 0 unspecified atom stereocenters. The fraction of sp³-hybridized carbons (Fsp3) is 0.286. The van der Waals surface area contributed by atoms with E-state index in [0.29, 0.717) is 17.8 Å². The third-order valence-corrected chi connectivity index (χ3v) is 1.13. The molecule has 3 N–H and O–H groups in total. The average Bonchev–Trinajstić information content (AvgIpc) is 1.84. The lowest BCUT2D eigenvalue weighted by molar-refractivity contribution is 1.18. The maximum absolute atomic E-state index is 7.12. The van der Waals surface area contributed by atoms with Gasteiger partial charge in [-0.2, -0.15) is 0 Å². The van der Waals surface area contributed by atoms with Crippen molar-refractivity contribution in [2.45, 2.75) is 6.92 Å². The van der Waals surface area contributed by atoms with Crippen LogP contribution in [0.2, 0.25) is 0 Å². The Kier molecular flexibility index (Phi) is 2.88. The molecule has 0 aromatic heterocycles. The molecule has 0 spiro atoms. The van der Waals surface area contributed by atoms with Gasteiger partial charge in [-0.1, -0.05) is 13.2 Å². The van der Waals surface area contributed by atoms with E-state index in [1.165, 1.54) is 0 Å². The molecule has 2 nitrogen and oxygen atoms in total. The molecule has 0 saturated carbocycles. The third-order valence-electron chi connectivity index (χ3n) is 1.13. The summed E-state index contributed by atoms with van der Waals surface area (Å²) in [7, 11) is 0. The minimum Gasteiger partial charge on any atom is -0.326 e. The van der Waals surface area contributed by atoms with Crippen LogP contribution in [0.25, 0.3) is 0 Å². The molecule has 0 amide bonds. The third kappa shape index (κ3) is 2.24. The van der Waals surface area contributed by atoms with Crippen molar-refractivity contribution >= 4 is 5.71 Å². The van der Waals surface area contributed by atoms with Crippen molar-refractivity contribution in [2.24, 2.45) is 5.73 Å². The number of hydrogen-bond acceptors (Lipinski definition) is 2. The SMILES string of the molecule is C=C(CN)C(=C)C(C)=N. The van der Waals surface area contributed by atoms with Gasteiger partial charge in [0.1, 0.15) is 0 Å². The highest BCUT2D eigenvalue weighted by atomic mass is 14.5. The van der Waals surface area contributed by atoms with Gasteiger partial charge < -0.3 is 11.1 Å². The van der Waals surface area contributed by atoms with Gasteiger partial charge >= 0.3 is 0 Å². The number of nitrogens with one attached hydrogen (secondary N) is 1. The van der Waals surface area contributed by atoms with Crippen LogP contribution >= 0.6 is 0 Å². The molecular formula is C7H12N2. The van der Waals surface area contributed by atoms with Crippen LogP contribution in [0.4, 0.5) is 0 Å². The lowest BCUT2D eigenvalue weighted by Crippen LogP contribution is -2.07. The molecule has 0 aliphatic rings. The van der Waals surface area contributed by atoms with E-state index < -0.39 is 0 Å². The molecule has 0 aliphatic carbocycles. The van der Waals surface area contributed by atoms with E-state index in [-0.39, 0.29) is 0 Å². The molecule has 50 valence electrons. The first-order valence-corrected chi connectivity index (χ1v) is 2.72. The van der Waals surface area contributed by atoms with E-state index in [4.69, 9.17) is 11.1 Å². The second kappa shape index (κ2) is 3.20. The first-order valence-electron chi connectivity index (χ1n) is 2.72. The number of nitrogens with two attached hydrogens (primary N) is 1. The van der Waals surface area contributed by atoms with E-state index in [9.17, 15) is 0 Å². The summed E-state index contributed by atoms with van der Waals surface area (Å²) in [6.45, 7) is 9.30. The molecule has 0 aromatic carbocycles. The Labute approximate surface area is 55.6 Å². The molecule has 0 saturated heterocycles. The zero-order chi connectivity index (χ0) is 7.44. The molecule has 0 fully saturated rings. The number of hydrogen-bond donors (Lipinski definition) is 2. The van der Waals surface area contributed by atoms with Crippen LogP contribution in [-0.4, -0.2) is 12.3 Å². The topological polar surface area (TPSA) is 49.9 Å². The fourth-order valence-corrected chi connectivity index (χ4v) is 0.388. The molecule has 0 aliphatic heterocycles. The maximum atomic E-state index is 7.12. The monoisotopic (exact) mass is 124 g/mol. The Bertz CT molecular complexity index is 156. The van der Waals surface area contributed by atoms with Crippen molar-refractivity contribution in [1.29, 1.82) is 5.41 Å². The summed E-state index contributed by atoms with van der Waals surface area (Å²) in [5.41, 5.74) is 7.08. The molecule has 9 heavy (non-hydrogen) atoms. The Morgan fingerprint density at radius 3 is 2.11 bits per heavy atom. The van der Waals surface area contributed by atoms with Gasteiger partial charge in [-0.25, -0.2) is 0 Å². The van der Waals surface area contributed by atoms with Crippen molar-refractivity contribution in [3.8, 4) is 0 Å². The molecular weight excluding hydrogens is 112 g/mol. The molecule has 2 heteroatoms. The zero-order valence-corrected chi connectivity index (χ0v) is 5.70. The van der Waals surface area contributed by atoms with E-state index in [0.717, 1.165) is 5.57 Å². The van der Waals surface area contributed by atoms with Crippen molar-refractivity contribution < 1.29 is 0 Å². The first kappa shape index (κ1) is 8.11.